The number of thioether (sulfide) groups is 1. The van der Waals surface area contributed by atoms with Gasteiger partial charge in [0.05, 0.1) is 44.4 Å². The fourth-order valence-corrected chi connectivity index (χ4v) is 8.95. The van der Waals surface area contributed by atoms with E-state index in [1.807, 2.05) is 121 Å². The Morgan fingerprint density at radius 3 is 1.74 bits per heavy atom. The van der Waals surface area contributed by atoms with Crippen molar-refractivity contribution in [3.05, 3.63) is 144 Å². The standard InChI is InChI=1S/C45H50O12S/c1-29(46)53-39-40(54-30(2)47)44(48-3)55-36(27-49-24-31-16-8-4-9-17-31)42(39)58-45-41(51-26-33-20-12-6-13-21-33)38(50-25-32-18-10-5-11-19-32)37-35(56-45)28-52-43(57-37)34-22-14-7-15-23-34/h4-23,35-45H,24-28H2,1-3H3/t35-,36-,37-,38+,39-,40-,41+,42+,43-,44+,45+/m1/s1. The highest BCUT2D eigenvalue weighted by Gasteiger charge is 2.56. The van der Waals surface area contributed by atoms with E-state index in [4.69, 9.17) is 47.4 Å². The molecular weight excluding hydrogens is 765 g/mol. The van der Waals surface area contributed by atoms with Gasteiger partial charge in [-0.2, -0.15) is 0 Å². The lowest BCUT2D eigenvalue weighted by molar-refractivity contribution is -0.330. The van der Waals surface area contributed by atoms with Gasteiger partial charge in [0, 0.05) is 26.5 Å². The van der Waals surface area contributed by atoms with Crippen molar-refractivity contribution in [3.63, 3.8) is 0 Å². The summed E-state index contributed by atoms with van der Waals surface area (Å²) in [4.78, 5) is 25.3. The fraction of sp³-hybridized carbons (Fsp3) is 0.422. The normalized spacial score (nSPS) is 29.5. The van der Waals surface area contributed by atoms with Gasteiger partial charge in [0.15, 0.2) is 24.8 Å². The average molecular weight is 815 g/mol. The molecule has 12 nitrogen and oxygen atoms in total. The van der Waals surface area contributed by atoms with Crippen molar-refractivity contribution in [2.24, 2.45) is 0 Å². The summed E-state index contributed by atoms with van der Waals surface area (Å²) in [6, 6.07) is 39.3. The zero-order chi connectivity index (χ0) is 40.3. The Morgan fingerprint density at radius 2 is 1.17 bits per heavy atom. The highest BCUT2D eigenvalue weighted by atomic mass is 32.2. The molecule has 11 atom stereocenters. The third-order valence-corrected chi connectivity index (χ3v) is 11.6. The number of esters is 2. The number of rotatable bonds is 16. The third kappa shape index (κ3) is 10.9. The topological polar surface area (TPSA) is 126 Å². The van der Waals surface area contributed by atoms with E-state index in [9.17, 15) is 9.59 Å². The summed E-state index contributed by atoms with van der Waals surface area (Å²) in [5.41, 5.74) is 3.01. The molecule has 0 spiro atoms. The van der Waals surface area contributed by atoms with Crippen LogP contribution in [0.4, 0.5) is 0 Å². The number of methoxy groups -OCH3 is 1. The zero-order valence-corrected chi connectivity index (χ0v) is 33.6. The maximum absolute atomic E-state index is 12.8. The molecule has 0 radical (unpaired) electrons. The molecule has 3 fully saturated rings. The van der Waals surface area contributed by atoms with Crippen molar-refractivity contribution in [2.75, 3.05) is 20.3 Å². The fourth-order valence-electron chi connectivity index (χ4n) is 7.37. The van der Waals surface area contributed by atoms with Crippen LogP contribution in [0.15, 0.2) is 121 Å². The molecule has 7 rings (SSSR count). The highest BCUT2D eigenvalue weighted by Crippen LogP contribution is 2.44. The summed E-state index contributed by atoms with van der Waals surface area (Å²) in [5.74, 6) is -1.16. The van der Waals surface area contributed by atoms with Gasteiger partial charge in [0.1, 0.15) is 29.9 Å². The first kappa shape index (κ1) is 42.0. The molecule has 0 aromatic heterocycles. The van der Waals surface area contributed by atoms with Crippen molar-refractivity contribution in [3.8, 4) is 0 Å². The van der Waals surface area contributed by atoms with E-state index in [0.29, 0.717) is 6.61 Å². The highest BCUT2D eigenvalue weighted by molar-refractivity contribution is 8.00. The third-order valence-electron chi connectivity index (χ3n) is 10.0. The molecular formula is C45H50O12S. The van der Waals surface area contributed by atoms with Crippen LogP contribution in [0.5, 0.6) is 0 Å². The summed E-state index contributed by atoms with van der Waals surface area (Å²) in [6.07, 6.45) is -7.14. The number of benzene rings is 4. The van der Waals surface area contributed by atoms with Gasteiger partial charge in [-0.05, 0) is 16.7 Å². The second-order valence-electron chi connectivity index (χ2n) is 14.3. The van der Waals surface area contributed by atoms with Crippen molar-refractivity contribution in [1.29, 1.82) is 0 Å². The molecule has 0 N–H and O–H groups in total. The van der Waals surface area contributed by atoms with Gasteiger partial charge in [-0.25, -0.2) is 0 Å². The largest absolute Gasteiger partial charge is 0.457 e. The molecule has 3 heterocycles. The maximum Gasteiger partial charge on any atom is 0.303 e. The van der Waals surface area contributed by atoms with Crippen LogP contribution in [-0.2, 0) is 76.8 Å². The molecule has 0 aliphatic carbocycles. The van der Waals surface area contributed by atoms with E-state index in [2.05, 4.69) is 0 Å². The average Bonchev–Trinajstić information content (AvgIpc) is 3.25. The predicted octanol–water partition coefficient (Wildman–Crippen LogP) is 6.55. The molecule has 0 unspecified atom stereocenters. The Labute approximate surface area is 343 Å². The lowest BCUT2D eigenvalue weighted by Gasteiger charge is -2.51. The monoisotopic (exact) mass is 814 g/mol. The summed E-state index contributed by atoms with van der Waals surface area (Å²) in [6.45, 7) is 3.72. The molecule has 4 aromatic rings. The Hall–Kier alpha value is -4.15. The molecule has 308 valence electrons. The minimum atomic E-state index is -1.10. The van der Waals surface area contributed by atoms with Crippen LogP contribution < -0.4 is 0 Å². The van der Waals surface area contributed by atoms with Crippen LogP contribution in [0.25, 0.3) is 0 Å². The summed E-state index contributed by atoms with van der Waals surface area (Å²) < 4.78 is 63.9. The van der Waals surface area contributed by atoms with Crippen LogP contribution in [0.3, 0.4) is 0 Å². The first-order valence-electron chi connectivity index (χ1n) is 19.4. The van der Waals surface area contributed by atoms with Gasteiger partial charge in [0.25, 0.3) is 0 Å². The van der Waals surface area contributed by atoms with Crippen molar-refractivity contribution >= 4 is 23.7 Å². The Bertz CT molecular complexity index is 1850. The van der Waals surface area contributed by atoms with Gasteiger partial charge in [0.2, 0.25) is 0 Å². The number of ether oxygens (including phenoxy) is 10. The van der Waals surface area contributed by atoms with Crippen LogP contribution in [-0.4, -0.2) is 92.0 Å². The first-order valence-corrected chi connectivity index (χ1v) is 20.4. The van der Waals surface area contributed by atoms with Gasteiger partial charge >= 0.3 is 11.9 Å². The van der Waals surface area contributed by atoms with Crippen LogP contribution in [0.2, 0.25) is 0 Å². The smallest absolute Gasteiger partial charge is 0.303 e. The number of carbonyl (C=O) groups excluding carboxylic acids is 2. The Morgan fingerprint density at radius 1 is 0.638 bits per heavy atom. The molecule has 13 heteroatoms. The van der Waals surface area contributed by atoms with E-state index < -0.39 is 77.9 Å². The predicted molar refractivity (Wildman–Crippen MR) is 213 cm³/mol. The van der Waals surface area contributed by atoms with Crippen LogP contribution in [0.1, 0.15) is 42.4 Å². The molecule has 0 saturated carbocycles. The molecule has 0 amide bonds. The summed E-state index contributed by atoms with van der Waals surface area (Å²) in [5, 5.41) is -0.711. The Balaban J connectivity index is 1.24. The van der Waals surface area contributed by atoms with E-state index in [-0.39, 0.29) is 26.4 Å². The minimum absolute atomic E-state index is 0.0875. The van der Waals surface area contributed by atoms with Crippen molar-refractivity contribution in [1.82, 2.24) is 0 Å². The summed E-state index contributed by atoms with van der Waals surface area (Å²) >= 11 is 1.34. The number of hydrogen-bond donors (Lipinski definition) is 0. The lowest BCUT2D eigenvalue weighted by atomic mass is 9.98. The van der Waals surface area contributed by atoms with E-state index in [1.165, 1.54) is 32.7 Å². The number of fused-ring (bicyclic) bond motifs is 1. The molecule has 3 aliphatic rings. The molecule has 58 heavy (non-hydrogen) atoms. The van der Waals surface area contributed by atoms with Gasteiger partial charge < -0.3 is 47.4 Å². The number of carbonyl (C=O) groups is 2. The molecule has 4 aromatic carbocycles. The van der Waals surface area contributed by atoms with Gasteiger partial charge in [-0.1, -0.05) is 121 Å². The Kier molecular flexibility index (Phi) is 15.0. The minimum Gasteiger partial charge on any atom is -0.457 e. The second kappa shape index (κ2) is 20.7. The van der Waals surface area contributed by atoms with Gasteiger partial charge in [-0.15, -0.1) is 11.8 Å². The van der Waals surface area contributed by atoms with Crippen LogP contribution >= 0.6 is 11.8 Å². The lowest BCUT2D eigenvalue weighted by Crippen LogP contribution is -2.64. The first-order chi connectivity index (χ1) is 28.4. The maximum atomic E-state index is 12.8. The van der Waals surface area contributed by atoms with E-state index in [1.54, 1.807) is 0 Å². The molecule has 3 aliphatic heterocycles. The summed E-state index contributed by atoms with van der Waals surface area (Å²) in [7, 11) is 1.44. The quantitative estimate of drug-likeness (QED) is 0.114. The molecule has 0 bridgehead atoms. The van der Waals surface area contributed by atoms with Crippen LogP contribution in [0, 0.1) is 0 Å². The van der Waals surface area contributed by atoms with Crippen molar-refractivity contribution in [2.45, 2.75) is 99.7 Å². The van der Waals surface area contributed by atoms with Gasteiger partial charge in [-0.3, -0.25) is 9.59 Å². The van der Waals surface area contributed by atoms with Crippen molar-refractivity contribution < 1.29 is 57.0 Å². The number of hydrogen-bond acceptors (Lipinski definition) is 13. The molecule has 3 saturated heterocycles. The zero-order valence-electron chi connectivity index (χ0n) is 32.7. The SMILES string of the molecule is CO[C@H]1O[C@H](COCc2ccccc2)[C@H](S[C@@H]2O[C@@H]3CO[C@@H](c4ccccc4)O[C@H]3[C@H](OCc3ccccc3)[C@@H]2OCc2ccccc2)[C@H](OC(C)=O)[C@H]1OC(C)=O. The van der Waals surface area contributed by atoms with E-state index in [0.717, 1.165) is 22.3 Å². The van der Waals surface area contributed by atoms with E-state index >= 15 is 0 Å². The second-order valence-corrected chi connectivity index (χ2v) is 15.6.